The van der Waals surface area contributed by atoms with Gasteiger partial charge >= 0.3 is 5.97 Å². The monoisotopic (exact) mass is 241 g/mol. The van der Waals surface area contributed by atoms with Crippen molar-refractivity contribution in [1.29, 1.82) is 5.26 Å². The Morgan fingerprint density at radius 2 is 1.89 bits per heavy atom. The van der Waals surface area contributed by atoms with E-state index in [2.05, 4.69) is 0 Å². The van der Waals surface area contributed by atoms with Gasteiger partial charge in [0.05, 0.1) is 17.2 Å². The minimum absolute atomic E-state index is 0.143. The lowest BCUT2D eigenvalue weighted by atomic mass is 10.1. The van der Waals surface area contributed by atoms with Crippen molar-refractivity contribution in [2.75, 3.05) is 0 Å². The molecule has 4 heteroatoms. The molecule has 2 rings (SSSR count). The van der Waals surface area contributed by atoms with Gasteiger partial charge in [-0.25, -0.2) is 9.18 Å². The van der Waals surface area contributed by atoms with Gasteiger partial charge in [0, 0.05) is 6.07 Å². The topological polar surface area (TPSA) is 50.1 Å². The number of hydrogen-bond acceptors (Lipinski definition) is 3. The molecule has 0 radical (unpaired) electrons. The van der Waals surface area contributed by atoms with Gasteiger partial charge in [0.15, 0.2) is 0 Å². The van der Waals surface area contributed by atoms with Crippen LogP contribution in [0.15, 0.2) is 48.5 Å². The van der Waals surface area contributed by atoms with E-state index in [1.165, 1.54) is 42.5 Å². The summed E-state index contributed by atoms with van der Waals surface area (Å²) in [5.74, 6) is -0.922. The lowest BCUT2D eigenvalue weighted by Crippen LogP contribution is -2.08. The Kier molecular flexibility index (Phi) is 3.35. The Hall–Kier alpha value is -2.67. The minimum Gasteiger partial charge on any atom is -0.423 e. The van der Waals surface area contributed by atoms with Crippen LogP contribution in [0, 0.1) is 17.1 Å². The number of esters is 1. The SMILES string of the molecule is N#Cc1ccc(C(=O)Oc2cccc(F)c2)cc1. The van der Waals surface area contributed by atoms with Crippen molar-refractivity contribution in [2.45, 2.75) is 0 Å². The first-order chi connectivity index (χ1) is 8.69. The van der Waals surface area contributed by atoms with Crippen LogP contribution in [0.4, 0.5) is 4.39 Å². The van der Waals surface area contributed by atoms with E-state index in [4.69, 9.17) is 10.00 Å². The maximum Gasteiger partial charge on any atom is 0.343 e. The number of hydrogen-bond donors (Lipinski definition) is 0. The molecule has 0 N–H and O–H groups in total. The van der Waals surface area contributed by atoms with E-state index in [0.29, 0.717) is 11.1 Å². The van der Waals surface area contributed by atoms with Crippen molar-refractivity contribution in [2.24, 2.45) is 0 Å². The molecule has 0 aliphatic heterocycles. The van der Waals surface area contributed by atoms with Crippen LogP contribution >= 0.6 is 0 Å². The Balaban J connectivity index is 2.14. The van der Waals surface area contributed by atoms with E-state index >= 15 is 0 Å². The smallest absolute Gasteiger partial charge is 0.343 e. The summed E-state index contributed by atoms with van der Waals surface area (Å²) < 4.78 is 17.9. The molecule has 0 saturated carbocycles. The third-order valence-electron chi connectivity index (χ3n) is 2.26. The van der Waals surface area contributed by atoms with Crippen LogP contribution in [-0.2, 0) is 0 Å². The standard InChI is InChI=1S/C14H8FNO2/c15-12-2-1-3-13(8-12)18-14(17)11-6-4-10(9-16)5-7-11/h1-8H. The Morgan fingerprint density at radius 3 is 2.50 bits per heavy atom. The molecule has 0 unspecified atom stereocenters. The predicted molar refractivity (Wildman–Crippen MR) is 62.5 cm³/mol. The first-order valence-electron chi connectivity index (χ1n) is 5.17. The molecule has 0 aromatic heterocycles. The summed E-state index contributed by atoms with van der Waals surface area (Å²) in [5.41, 5.74) is 0.760. The Morgan fingerprint density at radius 1 is 1.17 bits per heavy atom. The Labute approximate surface area is 103 Å². The summed E-state index contributed by atoms with van der Waals surface area (Å²) >= 11 is 0. The van der Waals surface area contributed by atoms with Gasteiger partial charge in [0.1, 0.15) is 11.6 Å². The van der Waals surface area contributed by atoms with Crippen molar-refractivity contribution >= 4 is 5.97 Å². The molecule has 2 aromatic rings. The van der Waals surface area contributed by atoms with Crippen molar-refractivity contribution in [3.8, 4) is 11.8 Å². The zero-order valence-electron chi connectivity index (χ0n) is 9.26. The first-order valence-corrected chi connectivity index (χ1v) is 5.17. The largest absolute Gasteiger partial charge is 0.423 e. The number of ether oxygens (including phenoxy) is 1. The molecular weight excluding hydrogens is 233 g/mol. The van der Waals surface area contributed by atoms with Crippen LogP contribution in [0.5, 0.6) is 5.75 Å². The van der Waals surface area contributed by atoms with Gasteiger partial charge < -0.3 is 4.74 Å². The third-order valence-corrected chi connectivity index (χ3v) is 2.26. The second-order valence-corrected chi connectivity index (χ2v) is 3.54. The molecule has 0 fully saturated rings. The molecule has 0 spiro atoms. The quantitative estimate of drug-likeness (QED) is 0.600. The zero-order chi connectivity index (χ0) is 13.0. The van der Waals surface area contributed by atoms with Crippen LogP contribution < -0.4 is 4.74 Å². The number of carbonyl (C=O) groups is 1. The second-order valence-electron chi connectivity index (χ2n) is 3.54. The van der Waals surface area contributed by atoms with Gasteiger partial charge in [-0.15, -0.1) is 0 Å². The van der Waals surface area contributed by atoms with E-state index in [1.54, 1.807) is 0 Å². The highest BCUT2D eigenvalue weighted by molar-refractivity contribution is 5.91. The summed E-state index contributed by atoms with van der Waals surface area (Å²) in [6.07, 6.45) is 0. The maximum atomic E-state index is 12.9. The number of halogens is 1. The normalized spacial score (nSPS) is 9.56. The van der Waals surface area contributed by atoms with Crippen molar-refractivity contribution in [3.63, 3.8) is 0 Å². The van der Waals surface area contributed by atoms with E-state index in [9.17, 15) is 9.18 Å². The number of carbonyl (C=O) groups excluding carboxylic acids is 1. The third kappa shape index (κ3) is 2.71. The fraction of sp³-hybridized carbons (Fsp3) is 0. The van der Waals surface area contributed by atoms with E-state index in [-0.39, 0.29) is 5.75 Å². The second kappa shape index (κ2) is 5.11. The molecule has 88 valence electrons. The summed E-state index contributed by atoms with van der Waals surface area (Å²) in [5, 5.41) is 8.62. The fourth-order valence-corrected chi connectivity index (χ4v) is 1.38. The van der Waals surface area contributed by atoms with Crippen molar-refractivity contribution in [1.82, 2.24) is 0 Å². The molecule has 0 heterocycles. The van der Waals surface area contributed by atoms with Gasteiger partial charge in [-0.05, 0) is 36.4 Å². The Bertz CT molecular complexity index is 614. The maximum absolute atomic E-state index is 12.9. The lowest BCUT2D eigenvalue weighted by Gasteiger charge is -2.04. The van der Waals surface area contributed by atoms with E-state index in [1.807, 2.05) is 6.07 Å². The number of rotatable bonds is 2. The van der Waals surface area contributed by atoms with E-state index < -0.39 is 11.8 Å². The summed E-state index contributed by atoms with van der Waals surface area (Å²) in [7, 11) is 0. The number of nitriles is 1. The van der Waals surface area contributed by atoms with Crippen molar-refractivity contribution in [3.05, 3.63) is 65.5 Å². The highest BCUT2D eigenvalue weighted by atomic mass is 19.1. The molecule has 18 heavy (non-hydrogen) atoms. The van der Waals surface area contributed by atoms with Gasteiger partial charge in [-0.2, -0.15) is 5.26 Å². The van der Waals surface area contributed by atoms with Gasteiger partial charge in [0.25, 0.3) is 0 Å². The first kappa shape index (κ1) is 11.8. The highest BCUT2D eigenvalue weighted by Gasteiger charge is 2.08. The molecule has 0 saturated heterocycles. The van der Waals surface area contributed by atoms with E-state index in [0.717, 1.165) is 6.07 Å². The van der Waals surface area contributed by atoms with Crippen molar-refractivity contribution < 1.29 is 13.9 Å². The minimum atomic E-state index is -0.593. The van der Waals surface area contributed by atoms with Gasteiger partial charge in [-0.1, -0.05) is 6.07 Å². The average Bonchev–Trinajstić information content (AvgIpc) is 2.39. The van der Waals surface area contributed by atoms with Crippen LogP contribution in [0.3, 0.4) is 0 Å². The fourth-order valence-electron chi connectivity index (χ4n) is 1.38. The molecule has 0 bridgehead atoms. The zero-order valence-corrected chi connectivity index (χ0v) is 9.26. The predicted octanol–water partition coefficient (Wildman–Crippen LogP) is 2.92. The molecule has 0 aliphatic rings. The van der Waals surface area contributed by atoms with Crippen LogP contribution in [-0.4, -0.2) is 5.97 Å². The van der Waals surface area contributed by atoms with Crippen LogP contribution in [0.25, 0.3) is 0 Å². The summed E-state index contributed by atoms with van der Waals surface area (Å²) in [6, 6.07) is 13.3. The molecule has 2 aromatic carbocycles. The molecular formula is C14H8FNO2. The average molecular weight is 241 g/mol. The summed E-state index contributed by atoms with van der Waals surface area (Å²) in [4.78, 5) is 11.7. The molecule has 0 amide bonds. The van der Waals surface area contributed by atoms with Crippen LogP contribution in [0.2, 0.25) is 0 Å². The van der Waals surface area contributed by atoms with Gasteiger partial charge in [-0.3, -0.25) is 0 Å². The number of nitrogens with zero attached hydrogens (tertiary/aromatic N) is 1. The van der Waals surface area contributed by atoms with Crippen LogP contribution in [0.1, 0.15) is 15.9 Å². The van der Waals surface area contributed by atoms with Gasteiger partial charge in [0.2, 0.25) is 0 Å². The summed E-state index contributed by atoms with van der Waals surface area (Å²) in [6.45, 7) is 0. The molecule has 0 atom stereocenters. The highest BCUT2D eigenvalue weighted by Crippen LogP contribution is 2.14. The molecule has 0 aliphatic carbocycles. The number of benzene rings is 2. The lowest BCUT2D eigenvalue weighted by molar-refractivity contribution is 0.0734. The molecule has 3 nitrogen and oxygen atoms in total.